The lowest BCUT2D eigenvalue weighted by molar-refractivity contribution is -0.120. The van der Waals surface area contributed by atoms with Crippen molar-refractivity contribution >= 4 is 44.2 Å². The number of aromatic nitrogens is 1. The number of thiazole rings is 1. The molecule has 6 nitrogen and oxygen atoms in total. The van der Waals surface area contributed by atoms with Crippen LogP contribution in [0, 0.1) is 0 Å². The minimum atomic E-state index is -0.173. The molecule has 3 aromatic rings. The molecule has 1 amide bonds. The molecule has 1 unspecified atom stereocenters. The van der Waals surface area contributed by atoms with Gasteiger partial charge in [-0.25, -0.2) is 4.98 Å². The Morgan fingerprint density at radius 1 is 1.31 bits per heavy atom. The Hall–Kier alpha value is -2.35. The predicted octanol–water partition coefficient (Wildman–Crippen LogP) is 4.55. The minimum Gasteiger partial charge on any atom is -0.497 e. The van der Waals surface area contributed by atoms with E-state index in [-0.39, 0.29) is 18.6 Å². The Bertz CT molecular complexity index is 1000. The second-order valence-corrected chi connectivity index (χ2v) is 8.16. The van der Waals surface area contributed by atoms with Gasteiger partial charge < -0.3 is 14.2 Å². The van der Waals surface area contributed by atoms with Crippen LogP contribution in [-0.2, 0) is 9.53 Å². The number of hydrogen-bond donors (Lipinski definition) is 0. The van der Waals surface area contributed by atoms with Gasteiger partial charge in [-0.05, 0) is 43.2 Å². The lowest BCUT2D eigenvalue weighted by atomic mass is 10.2. The van der Waals surface area contributed by atoms with Crippen LogP contribution >= 0.6 is 22.9 Å². The number of nitrogens with zero attached hydrogens (tertiary/aromatic N) is 2. The van der Waals surface area contributed by atoms with E-state index in [0.29, 0.717) is 28.2 Å². The number of rotatable bonds is 7. The van der Waals surface area contributed by atoms with Gasteiger partial charge in [-0.2, -0.15) is 0 Å². The van der Waals surface area contributed by atoms with Crippen LogP contribution in [0.25, 0.3) is 10.2 Å². The van der Waals surface area contributed by atoms with Gasteiger partial charge in [0.1, 0.15) is 11.5 Å². The standard InChI is InChI=1S/C21H21ClN2O4S/c1-26-15-4-2-5-16(11-15)28-13-20(25)24(12-17-6-3-9-27-17)21-23-18-8-7-14(22)10-19(18)29-21/h2,4-5,7-8,10-11,17H,3,6,9,12-13H2,1H3. The van der Waals surface area contributed by atoms with Crippen LogP contribution in [0.3, 0.4) is 0 Å². The third-order valence-corrected chi connectivity index (χ3v) is 5.96. The SMILES string of the molecule is COc1cccc(OCC(=O)N(CC2CCCO2)c2nc3ccc(Cl)cc3s2)c1. The van der Waals surface area contributed by atoms with Gasteiger partial charge in [-0.15, -0.1) is 0 Å². The van der Waals surface area contributed by atoms with E-state index < -0.39 is 0 Å². The van der Waals surface area contributed by atoms with E-state index in [2.05, 4.69) is 4.98 Å². The fraction of sp³-hybridized carbons (Fsp3) is 0.333. The number of ether oxygens (including phenoxy) is 3. The number of amides is 1. The van der Waals surface area contributed by atoms with Crippen molar-refractivity contribution in [2.45, 2.75) is 18.9 Å². The Morgan fingerprint density at radius 2 is 2.17 bits per heavy atom. The topological polar surface area (TPSA) is 60.9 Å². The van der Waals surface area contributed by atoms with Crippen molar-refractivity contribution in [1.82, 2.24) is 4.98 Å². The average molecular weight is 433 g/mol. The molecule has 0 bridgehead atoms. The highest BCUT2D eigenvalue weighted by molar-refractivity contribution is 7.22. The van der Waals surface area contributed by atoms with E-state index in [1.54, 1.807) is 30.2 Å². The largest absolute Gasteiger partial charge is 0.497 e. The molecular formula is C21H21ClN2O4S. The third-order valence-electron chi connectivity index (χ3n) is 4.68. The zero-order valence-electron chi connectivity index (χ0n) is 16.0. The number of benzene rings is 2. The molecule has 4 rings (SSSR count). The molecule has 152 valence electrons. The number of carbonyl (C=O) groups is 1. The summed E-state index contributed by atoms with van der Waals surface area (Å²) in [5.74, 6) is 1.08. The maximum Gasteiger partial charge on any atom is 0.266 e. The molecule has 8 heteroatoms. The first-order valence-corrected chi connectivity index (χ1v) is 10.6. The molecule has 1 atom stereocenters. The zero-order chi connectivity index (χ0) is 20.2. The number of hydrogen-bond acceptors (Lipinski definition) is 6. The van der Waals surface area contributed by atoms with Crippen LogP contribution in [0.5, 0.6) is 11.5 Å². The van der Waals surface area contributed by atoms with E-state index in [0.717, 1.165) is 29.7 Å². The number of anilines is 1. The quantitative estimate of drug-likeness (QED) is 0.548. The normalized spacial score (nSPS) is 16.1. The summed E-state index contributed by atoms with van der Waals surface area (Å²) in [6.07, 6.45) is 1.94. The van der Waals surface area contributed by atoms with Crippen molar-refractivity contribution in [2.75, 3.05) is 31.8 Å². The molecule has 1 aromatic heterocycles. The number of methoxy groups -OCH3 is 1. The molecule has 0 N–H and O–H groups in total. The highest BCUT2D eigenvalue weighted by atomic mass is 35.5. The first-order chi connectivity index (χ1) is 14.1. The summed E-state index contributed by atoms with van der Waals surface area (Å²) in [6, 6.07) is 12.7. The third kappa shape index (κ3) is 4.80. The van der Waals surface area contributed by atoms with Gasteiger partial charge in [0.15, 0.2) is 11.7 Å². The predicted molar refractivity (Wildman–Crippen MR) is 114 cm³/mol. The summed E-state index contributed by atoms with van der Waals surface area (Å²) < 4.78 is 17.6. The van der Waals surface area contributed by atoms with Gasteiger partial charge in [0.25, 0.3) is 5.91 Å². The molecule has 1 aliphatic rings. The smallest absolute Gasteiger partial charge is 0.266 e. The summed E-state index contributed by atoms with van der Waals surface area (Å²) in [6.45, 7) is 1.08. The van der Waals surface area contributed by atoms with Gasteiger partial charge in [-0.3, -0.25) is 9.69 Å². The molecule has 0 radical (unpaired) electrons. The molecule has 0 aliphatic carbocycles. The van der Waals surface area contributed by atoms with Gasteiger partial charge >= 0.3 is 0 Å². The van der Waals surface area contributed by atoms with Crippen molar-refractivity contribution in [3.05, 3.63) is 47.5 Å². The summed E-state index contributed by atoms with van der Waals surface area (Å²) in [5.41, 5.74) is 0.813. The van der Waals surface area contributed by atoms with Gasteiger partial charge in [0.2, 0.25) is 0 Å². The van der Waals surface area contributed by atoms with E-state index in [1.807, 2.05) is 24.3 Å². The van der Waals surface area contributed by atoms with E-state index in [9.17, 15) is 4.79 Å². The van der Waals surface area contributed by atoms with Crippen LogP contribution < -0.4 is 14.4 Å². The van der Waals surface area contributed by atoms with Gasteiger partial charge in [0.05, 0.1) is 30.0 Å². The Balaban J connectivity index is 1.54. The zero-order valence-corrected chi connectivity index (χ0v) is 17.5. The van der Waals surface area contributed by atoms with Crippen molar-refractivity contribution in [3.8, 4) is 11.5 Å². The second-order valence-electron chi connectivity index (χ2n) is 6.72. The van der Waals surface area contributed by atoms with E-state index in [1.165, 1.54) is 11.3 Å². The highest BCUT2D eigenvalue weighted by Gasteiger charge is 2.26. The Kier molecular flexibility index (Phi) is 6.18. The molecule has 29 heavy (non-hydrogen) atoms. The lowest BCUT2D eigenvalue weighted by Gasteiger charge is -2.23. The number of halogens is 1. The van der Waals surface area contributed by atoms with Gasteiger partial charge in [-0.1, -0.05) is 29.0 Å². The molecule has 1 fully saturated rings. The highest BCUT2D eigenvalue weighted by Crippen LogP contribution is 2.32. The fourth-order valence-electron chi connectivity index (χ4n) is 3.19. The second kappa shape index (κ2) is 8.98. The van der Waals surface area contributed by atoms with E-state index >= 15 is 0 Å². The number of carbonyl (C=O) groups excluding carboxylic acids is 1. The fourth-order valence-corrected chi connectivity index (χ4v) is 4.46. The molecule has 2 aromatic carbocycles. The monoisotopic (exact) mass is 432 g/mol. The molecular weight excluding hydrogens is 412 g/mol. The molecule has 1 aliphatic heterocycles. The molecule has 0 saturated carbocycles. The van der Waals surface area contributed by atoms with Crippen LogP contribution in [-0.4, -0.2) is 43.9 Å². The minimum absolute atomic E-state index is 0.00590. The lowest BCUT2D eigenvalue weighted by Crippen LogP contribution is -2.40. The van der Waals surface area contributed by atoms with E-state index in [4.69, 9.17) is 25.8 Å². The summed E-state index contributed by atoms with van der Waals surface area (Å²) in [5, 5.41) is 1.27. The molecule has 0 spiro atoms. The van der Waals surface area contributed by atoms with Crippen molar-refractivity contribution in [2.24, 2.45) is 0 Å². The van der Waals surface area contributed by atoms with Crippen LogP contribution in [0.15, 0.2) is 42.5 Å². The summed E-state index contributed by atoms with van der Waals surface area (Å²) >= 11 is 7.54. The first-order valence-electron chi connectivity index (χ1n) is 9.37. The van der Waals surface area contributed by atoms with Crippen molar-refractivity contribution < 1.29 is 19.0 Å². The first kappa shape index (κ1) is 19.9. The molecule has 2 heterocycles. The molecule has 1 saturated heterocycles. The Labute approximate surface area is 178 Å². The van der Waals surface area contributed by atoms with Crippen molar-refractivity contribution in [1.29, 1.82) is 0 Å². The maximum absolute atomic E-state index is 13.1. The Morgan fingerprint density at radius 3 is 2.97 bits per heavy atom. The number of fused-ring (bicyclic) bond motifs is 1. The summed E-state index contributed by atoms with van der Waals surface area (Å²) in [4.78, 5) is 19.4. The van der Waals surface area contributed by atoms with Crippen molar-refractivity contribution in [3.63, 3.8) is 0 Å². The van der Waals surface area contributed by atoms with Crippen LogP contribution in [0.2, 0.25) is 5.02 Å². The average Bonchev–Trinajstić information content (AvgIpc) is 3.39. The van der Waals surface area contributed by atoms with Gasteiger partial charge in [0, 0.05) is 17.7 Å². The summed E-state index contributed by atoms with van der Waals surface area (Å²) in [7, 11) is 1.59. The van der Waals surface area contributed by atoms with Crippen LogP contribution in [0.4, 0.5) is 5.13 Å². The van der Waals surface area contributed by atoms with Crippen LogP contribution in [0.1, 0.15) is 12.8 Å². The maximum atomic E-state index is 13.1.